The molecule has 0 heterocycles. The topological polar surface area (TPSA) is 93.7 Å². The van der Waals surface area contributed by atoms with Crippen LogP contribution in [0.1, 0.15) is 70.6 Å². The number of ether oxygens (including phenoxy) is 2. The summed E-state index contributed by atoms with van der Waals surface area (Å²) in [5.74, 6) is 0.304. The number of rotatable bonds is 12. The molecule has 0 fully saturated rings. The van der Waals surface area contributed by atoms with Gasteiger partial charge in [0.2, 0.25) is 5.91 Å². The SMILES string of the molecule is CCc1cccc(CC)c1NC(=O)COC(=O)CCCC(=O)Nc1ccc(Oc2ccc(C(C)(C)C)cc2)cc1. The lowest BCUT2D eigenvalue weighted by Gasteiger charge is -2.19. The van der Waals surface area contributed by atoms with E-state index >= 15 is 0 Å². The first-order valence-electron chi connectivity index (χ1n) is 13.8. The maximum absolute atomic E-state index is 12.4. The van der Waals surface area contributed by atoms with Gasteiger partial charge in [0.05, 0.1) is 0 Å². The first kappa shape index (κ1) is 30.4. The van der Waals surface area contributed by atoms with Crippen LogP contribution >= 0.6 is 0 Å². The van der Waals surface area contributed by atoms with Gasteiger partial charge in [0.1, 0.15) is 11.5 Å². The molecular weight excluding hydrogens is 504 g/mol. The van der Waals surface area contributed by atoms with E-state index < -0.39 is 5.97 Å². The predicted molar refractivity (Wildman–Crippen MR) is 159 cm³/mol. The number of hydrogen-bond acceptors (Lipinski definition) is 5. The number of para-hydroxylation sites is 1. The molecule has 7 nitrogen and oxygen atoms in total. The molecule has 212 valence electrons. The Morgan fingerprint density at radius 1 is 0.725 bits per heavy atom. The van der Waals surface area contributed by atoms with Gasteiger partial charge in [-0.2, -0.15) is 0 Å². The van der Waals surface area contributed by atoms with E-state index in [2.05, 4.69) is 43.5 Å². The van der Waals surface area contributed by atoms with Crippen LogP contribution in [0.2, 0.25) is 0 Å². The van der Waals surface area contributed by atoms with E-state index in [9.17, 15) is 14.4 Å². The van der Waals surface area contributed by atoms with Crippen molar-refractivity contribution >= 4 is 29.2 Å². The van der Waals surface area contributed by atoms with Gasteiger partial charge in [-0.05, 0) is 77.8 Å². The van der Waals surface area contributed by atoms with Crippen LogP contribution < -0.4 is 15.4 Å². The maximum Gasteiger partial charge on any atom is 0.306 e. The number of amides is 2. The van der Waals surface area contributed by atoms with Crippen molar-refractivity contribution < 1.29 is 23.9 Å². The molecule has 40 heavy (non-hydrogen) atoms. The molecule has 3 aromatic carbocycles. The van der Waals surface area contributed by atoms with Crippen molar-refractivity contribution in [3.63, 3.8) is 0 Å². The summed E-state index contributed by atoms with van der Waals surface area (Å²) in [5, 5.41) is 5.69. The Labute approximate surface area is 237 Å². The molecule has 0 aliphatic carbocycles. The van der Waals surface area contributed by atoms with Gasteiger partial charge in [-0.1, -0.05) is 65.0 Å². The van der Waals surface area contributed by atoms with Crippen LogP contribution in [0.4, 0.5) is 11.4 Å². The number of esters is 1. The number of carbonyl (C=O) groups excluding carboxylic acids is 3. The van der Waals surface area contributed by atoms with Crippen molar-refractivity contribution in [3.05, 3.63) is 83.4 Å². The number of anilines is 2. The van der Waals surface area contributed by atoms with E-state index in [0.29, 0.717) is 17.9 Å². The Hall–Kier alpha value is -4.13. The summed E-state index contributed by atoms with van der Waals surface area (Å²) in [5.41, 5.74) is 4.82. The first-order valence-corrected chi connectivity index (χ1v) is 13.8. The fraction of sp³-hybridized carbons (Fsp3) is 0.364. The van der Waals surface area contributed by atoms with Crippen LogP contribution in [0.25, 0.3) is 0 Å². The van der Waals surface area contributed by atoms with Crippen molar-refractivity contribution in [1.29, 1.82) is 0 Å². The minimum atomic E-state index is -0.514. The van der Waals surface area contributed by atoms with Crippen molar-refractivity contribution in [2.45, 2.75) is 72.1 Å². The van der Waals surface area contributed by atoms with Crippen molar-refractivity contribution in [2.75, 3.05) is 17.2 Å². The zero-order valence-electron chi connectivity index (χ0n) is 24.1. The summed E-state index contributed by atoms with van der Waals surface area (Å²) in [6.07, 6.45) is 2.10. The van der Waals surface area contributed by atoms with Crippen LogP contribution in [-0.2, 0) is 37.4 Å². The largest absolute Gasteiger partial charge is 0.457 e. The lowest BCUT2D eigenvalue weighted by molar-refractivity contribution is -0.147. The Morgan fingerprint density at radius 2 is 1.30 bits per heavy atom. The molecular formula is C33H40N2O5. The van der Waals surface area contributed by atoms with Crippen LogP contribution in [0, 0.1) is 0 Å². The fourth-order valence-electron chi connectivity index (χ4n) is 4.18. The number of hydrogen-bond donors (Lipinski definition) is 2. The molecule has 7 heteroatoms. The Kier molecular flexibility index (Phi) is 10.9. The van der Waals surface area contributed by atoms with Crippen LogP contribution in [0.3, 0.4) is 0 Å². The number of aryl methyl sites for hydroxylation is 2. The van der Waals surface area contributed by atoms with Crippen LogP contribution in [0.15, 0.2) is 66.7 Å². The lowest BCUT2D eigenvalue weighted by atomic mass is 9.87. The third kappa shape index (κ3) is 9.26. The van der Waals surface area contributed by atoms with Crippen LogP contribution in [0.5, 0.6) is 11.5 Å². The van der Waals surface area contributed by atoms with E-state index in [1.165, 1.54) is 5.56 Å². The second kappa shape index (κ2) is 14.3. The van der Waals surface area contributed by atoms with Gasteiger partial charge in [0.15, 0.2) is 6.61 Å². The van der Waals surface area contributed by atoms with E-state index in [-0.39, 0.29) is 36.7 Å². The summed E-state index contributed by atoms with van der Waals surface area (Å²) >= 11 is 0. The monoisotopic (exact) mass is 544 g/mol. The lowest BCUT2D eigenvalue weighted by Crippen LogP contribution is -2.22. The Bertz CT molecular complexity index is 1270. The molecule has 0 unspecified atom stereocenters. The zero-order valence-corrected chi connectivity index (χ0v) is 24.1. The zero-order chi connectivity index (χ0) is 29.1. The third-order valence-corrected chi connectivity index (χ3v) is 6.51. The molecule has 0 aromatic heterocycles. The van der Waals surface area contributed by atoms with Crippen molar-refractivity contribution in [3.8, 4) is 11.5 Å². The quantitative estimate of drug-likeness (QED) is 0.235. The molecule has 0 saturated heterocycles. The van der Waals surface area contributed by atoms with Gasteiger partial charge < -0.3 is 20.1 Å². The van der Waals surface area contributed by atoms with Crippen LogP contribution in [-0.4, -0.2) is 24.4 Å². The molecule has 0 spiro atoms. The Balaban J connectivity index is 1.37. The second-order valence-corrected chi connectivity index (χ2v) is 10.7. The number of carbonyl (C=O) groups is 3. The summed E-state index contributed by atoms with van der Waals surface area (Å²) in [7, 11) is 0. The highest BCUT2D eigenvalue weighted by molar-refractivity contribution is 5.94. The fourth-order valence-corrected chi connectivity index (χ4v) is 4.18. The molecule has 0 radical (unpaired) electrons. The van der Waals surface area contributed by atoms with Crippen molar-refractivity contribution in [1.82, 2.24) is 0 Å². The molecule has 0 aliphatic rings. The van der Waals surface area contributed by atoms with Gasteiger partial charge >= 0.3 is 5.97 Å². The first-order chi connectivity index (χ1) is 19.1. The molecule has 2 amide bonds. The minimum absolute atomic E-state index is 0.0488. The molecule has 0 aliphatic heterocycles. The second-order valence-electron chi connectivity index (χ2n) is 10.7. The Morgan fingerprint density at radius 3 is 1.85 bits per heavy atom. The maximum atomic E-state index is 12.4. The van der Waals surface area contributed by atoms with Gasteiger partial charge in [-0.25, -0.2) is 0 Å². The summed E-state index contributed by atoms with van der Waals surface area (Å²) < 4.78 is 11.0. The highest BCUT2D eigenvalue weighted by Crippen LogP contribution is 2.28. The third-order valence-electron chi connectivity index (χ3n) is 6.51. The molecule has 3 rings (SSSR count). The molecule has 0 bridgehead atoms. The summed E-state index contributed by atoms with van der Waals surface area (Å²) in [6, 6.07) is 21.0. The minimum Gasteiger partial charge on any atom is -0.457 e. The standard InChI is InChI=1S/C33H40N2O5/c1-6-23-10-8-11-24(7-2)32(23)35-30(37)22-39-31(38)13-9-12-29(36)34-26-16-20-28(21-17-26)40-27-18-14-25(15-19-27)33(3,4)5/h8,10-11,14-21H,6-7,9,12-13,22H2,1-5H3,(H,34,36)(H,35,37). The smallest absolute Gasteiger partial charge is 0.306 e. The predicted octanol–water partition coefficient (Wildman–Crippen LogP) is 7.19. The molecule has 3 aromatic rings. The van der Waals surface area contributed by atoms with E-state index in [4.69, 9.17) is 9.47 Å². The highest BCUT2D eigenvalue weighted by atomic mass is 16.5. The van der Waals surface area contributed by atoms with E-state index in [0.717, 1.165) is 35.4 Å². The van der Waals surface area contributed by atoms with Gasteiger partial charge in [0, 0.05) is 24.2 Å². The molecule has 0 atom stereocenters. The average Bonchev–Trinajstić information content (AvgIpc) is 2.93. The number of benzene rings is 3. The number of nitrogens with one attached hydrogen (secondary N) is 2. The average molecular weight is 545 g/mol. The molecule has 0 saturated carbocycles. The highest BCUT2D eigenvalue weighted by Gasteiger charge is 2.14. The van der Waals surface area contributed by atoms with Gasteiger partial charge in [0.25, 0.3) is 5.91 Å². The summed E-state index contributed by atoms with van der Waals surface area (Å²) in [6.45, 7) is 10.2. The van der Waals surface area contributed by atoms with Crippen molar-refractivity contribution in [2.24, 2.45) is 0 Å². The normalized spacial score (nSPS) is 11.0. The van der Waals surface area contributed by atoms with E-state index in [1.54, 1.807) is 24.3 Å². The summed E-state index contributed by atoms with van der Waals surface area (Å²) in [4.78, 5) is 36.8. The van der Waals surface area contributed by atoms with Gasteiger partial charge in [-0.3, -0.25) is 14.4 Å². The molecule has 2 N–H and O–H groups in total. The van der Waals surface area contributed by atoms with E-state index in [1.807, 2.05) is 44.2 Å². The van der Waals surface area contributed by atoms with Gasteiger partial charge in [-0.15, -0.1) is 0 Å².